The zero-order chi connectivity index (χ0) is 12.9. The maximum Gasteiger partial charge on any atom is 0.0431 e. The van der Waals surface area contributed by atoms with Crippen molar-refractivity contribution in [3.8, 4) is 0 Å². The summed E-state index contributed by atoms with van der Waals surface area (Å²) in [7, 11) is 0. The second-order valence-electron chi connectivity index (χ2n) is 5.70. The topological polar surface area (TPSA) is 20.2 Å². The highest BCUT2D eigenvalue weighted by molar-refractivity contribution is 4.61. The van der Waals surface area contributed by atoms with Crippen LogP contribution in [-0.4, -0.2) is 11.7 Å². The third kappa shape index (κ3) is 10.8. The Bertz CT molecular complexity index is 144. The molecule has 0 aliphatic rings. The van der Waals surface area contributed by atoms with Gasteiger partial charge in [0.2, 0.25) is 0 Å². The Morgan fingerprint density at radius 3 is 2.00 bits per heavy atom. The van der Waals surface area contributed by atoms with Crippen molar-refractivity contribution < 1.29 is 5.11 Å². The average molecular weight is 242 g/mol. The maximum atomic E-state index is 8.82. The van der Waals surface area contributed by atoms with Crippen molar-refractivity contribution in [2.45, 2.75) is 85.0 Å². The fourth-order valence-corrected chi connectivity index (χ4v) is 2.78. The summed E-state index contributed by atoms with van der Waals surface area (Å²) in [5.74, 6) is 1.83. The first-order valence-corrected chi connectivity index (χ1v) is 7.85. The van der Waals surface area contributed by atoms with Crippen molar-refractivity contribution in [2.75, 3.05) is 6.61 Å². The fourth-order valence-electron chi connectivity index (χ4n) is 2.78. The van der Waals surface area contributed by atoms with E-state index in [0.29, 0.717) is 6.61 Å². The molecule has 0 saturated heterocycles. The minimum atomic E-state index is 0.367. The highest BCUT2D eigenvalue weighted by Gasteiger charge is 2.08. The van der Waals surface area contributed by atoms with Gasteiger partial charge in [0.25, 0.3) is 0 Å². The second kappa shape index (κ2) is 12.4. The number of aliphatic hydroxyl groups is 1. The molecule has 0 fully saturated rings. The molecule has 0 aromatic rings. The van der Waals surface area contributed by atoms with Crippen molar-refractivity contribution in [3.63, 3.8) is 0 Å². The summed E-state index contributed by atoms with van der Waals surface area (Å²) in [6.07, 6.45) is 13.2. The molecule has 0 aliphatic carbocycles. The van der Waals surface area contributed by atoms with Gasteiger partial charge in [0.05, 0.1) is 0 Å². The molecule has 1 heteroatoms. The van der Waals surface area contributed by atoms with E-state index in [9.17, 15) is 0 Å². The highest BCUT2D eigenvalue weighted by Crippen LogP contribution is 2.23. The standard InChI is InChI=1S/C16H34O/c1-4-9-15(3)11-8-13-16(10-5-2)12-6-7-14-17/h15-17H,4-14H2,1-3H3. The highest BCUT2D eigenvalue weighted by atomic mass is 16.2. The predicted molar refractivity (Wildman–Crippen MR) is 77.3 cm³/mol. The summed E-state index contributed by atoms with van der Waals surface area (Å²) in [4.78, 5) is 0. The number of rotatable bonds is 12. The number of hydrogen-bond acceptors (Lipinski definition) is 1. The molecule has 1 N–H and O–H groups in total. The summed E-state index contributed by atoms with van der Waals surface area (Å²) in [6, 6.07) is 0. The lowest BCUT2D eigenvalue weighted by Crippen LogP contribution is -2.03. The van der Waals surface area contributed by atoms with Crippen LogP contribution in [-0.2, 0) is 0 Å². The first-order valence-electron chi connectivity index (χ1n) is 7.85. The van der Waals surface area contributed by atoms with Gasteiger partial charge in [-0.05, 0) is 18.3 Å². The van der Waals surface area contributed by atoms with E-state index >= 15 is 0 Å². The normalized spacial score (nSPS) is 14.8. The Morgan fingerprint density at radius 2 is 1.41 bits per heavy atom. The molecule has 1 nitrogen and oxygen atoms in total. The monoisotopic (exact) mass is 242 g/mol. The molecule has 0 aliphatic heterocycles. The lowest BCUT2D eigenvalue weighted by molar-refractivity contribution is 0.273. The van der Waals surface area contributed by atoms with E-state index in [4.69, 9.17) is 5.11 Å². The van der Waals surface area contributed by atoms with Crippen molar-refractivity contribution in [2.24, 2.45) is 11.8 Å². The Labute approximate surface area is 109 Å². The number of aliphatic hydroxyl groups excluding tert-OH is 1. The third-order valence-electron chi connectivity index (χ3n) is 3.81. The molecule has 0 bridgehead atoms. The van der Waals surface area contributed by atoms with Crippen LogP contribution >= 0.6 is 0 Å². The summed E-state index contributed by atoms with van der Waals surface area (Å²) < 4.78 is 0. The minimum absolute atomic E-state index is 0.367. The van der Waals surface area contributed by atoms with Gasteiger partial charge in [0.15, 0.2) is 0 Å². The van der Waals surface area contributed by atoms with E-state index in [-0.39, 0.29) is 0 Å². The summed E-state index contributed by atoms with van der Waals surface area (Å²) in [5, 5.41) is 8.82. The molecular weight excluding hydrogens is 208 g/mol. The molecule has 2 atom stereocenters. The van der Waals surface area contributed by atoms with Crippen molar-refractivity contribution in [1.29, 1.82) is 0 Å². The molecule has 0 aromatic heterocycles. The van der Waals surface area contributed by atoms with Crippen LogP contribution in [0.5, 0.6) is 0 Å². The molecule has 0 spiro atoms. The van der Waals surface area contributed by atoms with Gasteiger partial charge in [0, 0.05) is 6.61 Å². The Kier molecular flexibility index (Phi) is 12.4. The van der Waals surface area contributed by atoms with Gasteiger partial charge < -0.3 is 5.11 Å². The SMILES string of the molecule is CCCC(C)CCCC(CCC)CCCCO. The van der Waals surface area contributed by atoms with Gasteiger partial charge in [0.1, 0.15) is 0 Å². The quantitative estimate of drug-likeness (QED) is 0.468. The van der Waals surface area contributed by atoms with Crippen LogP contribution in [0.1, 0.15) is 85.0 Å². The van der Waals surface area contributed by atoms with Crippen LogP contribution < -0.4 is 0 Å². The van der Waals surface area contributed by atoms with Crippen LogP contribution in [0, 0.1) is 11.8 Å². The Balaban J connectivity index is 3.60. The van der Waals surface area contributed by atoms with Crippen LogP contribution in [0.2, 0.25) is 0 Å². The van der Waals surface area contributed by atoms with Crippen LogP contribution in [0.25, 0.3) is 0 Å². The summed E-state index contributed by atoms with van der Waals surface area (Å²) in [6.45, 7) is 7.33. The van der Waals surface area contributed by atoms with Gasteiger partial charge >= 0.3 is 0 Å². The van der Waals surface area contributed by atoms with Crippen LogP contribution in [0.3, 0.4) is 0 Å². The molecule has 0 rings (SSSR count). The van der Waals surface area contributed by atoms with Crippen molar-refractivity contribution >= 4 is 0 Å². The first kappa shape index (κ1) is 17.0. The third-order valence-corrected chi connectivity index (χ3v) is 3.81. The van der Waals surface area contributed by atoms with E-state index in [2.05, 4.69) is 20.8 Å². The van der Waals surface area contributed by atoms with Crippen molar-refractivity contribution in [1.82, 2.24) is 0 Å². The van der Waals surface area contributed by atoms with Gasteiger partial charge in [-0.15, -0.1) is 0 Å². The first-order chi connectivity index (χ1) is 8.24. The van der Waals surface area contributed by atoms with Crippen molar-refractivity contribution in [3.05, 3.63) is 0 Å². The molecule has 104 valence electrons. The zero-order valence-corrected chi connectivity index (χ0v) is 12.4. The van der Waals surface area contributed by atoms with E-state index in [1.54, 1.807) is 0 Å². The molecule has 17 heavy (non-hydrogen) atoms. The minimum Gasteiger partial charge on any atom is -0.396 e. The molecule has 0 heterocycles. The molecule has 2 unspecified atom stereocenters. The van der Waals surface area contributed by atoms with E-state index < -0.39 is 0 Å². The van der Waals surface area contributed by atoms with Gasteiger partial charge in [-0.25, -0.2) is 0 Å². The lowest BCUT2D eigenvalue weighted by atomic mass is 9.89. The smallest absolute Gasteiger partial charge is 0.0431 e. The van der Waals surface area contributed by atoms with E-state index in [1.165, 1.54) is 57.8 Å². The average Bonchev–Trinajstić information content (AvgIpc) is 2.29. The van der Waals surface area contributed by atoms with Gasteiger partial charge in [-0.2, -0.15) is 0 Å². The van der Waals surface area contributed by atoms with Gasteiger partial charge in [-0.1, -0.05) is 78.6 Å². The second-order valence-corrected chi connectivity index (χ2v) is 5.70. The summed E-state index contributed by atoms with van der Waals surface area (Å²) >= 11 is 0. The number of hydrogen-bond donors (Lipinski definition) is 1. The molecule has 0 radical (unpaired) electrons. The van der Waals surface area contributed by atoms with E-state index in [1.807, 2.05) is 0 Å². The molecule has 0 amide bonds. The van der Waals surface area contributed by atoms with Gasteiger partial charge in [-0.3, -0.25) is 0 Å². The lowest BCUT2D eigenvalue weighted by Gasteiger charge is -2.17. The number of unbranched alkanes of at least 4 members (excludes halogenated alkanes) is 1. The van der Waals surface area contributed by atoms with E-state index in [0.717, 1.165) is 18.3 Å². The maximum absolute atomic E-state index is 8.82. The molecule has 0 saturated carbocycles. The Morgan fingerprint density at radius 1 is 0.765 bits per heavy atom. The molecule has 0 aromatic carbocycles. The largest absolute Gasteiger partial charge is 0.396 e. The summed E-state index contributed by atoms with van der Waals surface area (Å²) in [5.41, 5.74) is 0. The zero-order valence-electron chi connectivity index (χ0n) is 12.4. The fraction of sp³-hybridized carbons (Fsp3) is 1.00. The van der Waals surface area contributed by atoms with Crippen LogP contribution in [0.4, 0.5) is 0 Å². The Hall–Kier alpha value is -0.0400. The van der Waals surface area contributed by atoms with Crippen LogP contribution in [0.15, 0.2) is 0 Å². The molecular formula is C16H34O. The predicted octanol–water partition coefficient (Wildman–Crippen LogP) is 5.17.